The van der Waals surface area contributed by atoms with E-state index in [0.717, 1.165) is 36.2 Å². The number of rotatable bonds is 2. The number of hydrogen-bond donors (Lipinski definition) is 1. The van der Waals surface area contributed by atoms with Gasteiger partial charge in [0.2, 0.25) is 0 Å². The van der Waals surface area contributed by atoms with E-state index in [9.17, 15) is 9.90 Å². The first-order chi connectivity index (χ1) is 8.74. The van der Waals surface area contributed by atoms with Gasteiger partial charge in [0.1, 0.15) is 0 Å². The van der Waals surface area contributed by atoms with Crippen molar-refractivity contribution in [1.82, 2.24) is 5.32 Å². The van der Waals surface area contributed by atoms with Crippen molar-refractivity contribution in [3.8, 4) is 0 Å². The van der Waals surface area contributed by atoms with Crippen molar-refractivity contribution in [2.24, 2.45) is 0 Å². The Bertz CT molecular complexity index is 604. The number of carbonyl (C=O) groups excluding carboxylic acids is 1. The molecule has 0 spiro atoms. The molecule has 1 saturated heterocycles. The molecule has 2 aromatic rings. The fourth-order valence-electron chi connectivity index (χ4n) is 2.28. The van der Waals surface area contributed by atoms with Crippen molar-refractivity contribution in [3.63, 3.8) is 0 Å². The molecule has 4 nitrogen and oxygen atoms in total. The van der Waals surface area contributed by atoms with E-state index < -0.39 is 5.97 Å². The zero-order valence-corrected chi connectivity index (χ0v) is 9.85. The number of aromatic carboxylic acids is 1. The SMILES string of the molecule is O=C([O-])c1ccc2cc(N3CCNC3)ccc2c1. The molecule has 0 aromatic heterocycles. The van der Waals surface area contributed by atoms with Crippen LogP contribution < -0.4 is 15.3 Å². The Morgan fingerprint density at radius 3 is 2.67 bits per heavy atom. The standard InChI is InChI=1S/C14H14N2O2/c17-14(18)12-2-1-11-8-13(4-3-10(11)7-12)16-6-5-15-9-16/h1-4,7-8,15H,5-6,9H2,(H,17,18)/p-1. The topological polar surface area (TPSA) is 55.4 Å². The van der Waals surface area contributed by atoms with Crippen molar-refractivity contribution >= 4 is 22.4 Å². The lowest BCUT2D eigenvalue weighted by Crippen LogP contribution is -2.22. The molecule has 4 heteroatoms. The maximum atomic E-state index is 10.8. The van der Waals surface area contributed by atoms with Gasteiger partial charge in [0.25, 0.3) is 0 Å². The first-order valence-corrected chi connectivity index (χ1v) is 5.95. The second-order valence-electron chi connectivity index (χ2n) is 4.46. The van der Waals surface area contributed by atoms with Crippen LogP contribution >= 0.6 is 0 Å². The predicted molar refractivity (Wildman–Crippen MR) is 68.5 cm³/mol. The monoisotopic (exact) mass is 241 g/mol. The van der Waals surface area contributed by atoms with Crippen molar-refractivity contribution < 1.29 is 9.90 Å². The van der Waals surface area contributed by atoms with Gasteiger partial charge in [-0.1, -0.05) is 18.2 Å². The summed E-state index contributed by atoms with van der Waals surface area (Å²) >= 11 is 0. The largest absolute Gasteiger partial charge is 0.545 e. The third kappa shape index (κ3) is 1.91. The van der Waals surface area contributed by atoms with Crippen LogP contribution in [0.3, 0.4) is 0 Å². The number of anilines is 1. The van der Waals surface area contributed by atoms with E-state index >= 15 is 0 Å². The molecule has 2 aromatic carbocycles. The second-order valence-corrected chi connectivity index (χ2v) is 4.46. The fourth-order valence-corrected chi connectivity index (χ4v) is 2.28. The quantitative estimate of drug-likeness (QED) is 0.835. The number of fused-ring (bicyclic) bond motifs is 1. The zero-order valence-electron chi connectivity index (χ0n) is 9.85. The van der Waals surface area contributed by atoms with E-state index in [1.54, 1.807) is 12.1 Å². The lowest BCUT2D eigenvalue weighted by atomic mass is 10.1. The smallest absolute Gasteiger partial charge is 0.0715 e. The molecule has 0 bridgehead atoms. The summed E-state index contributed by atoms with van der Waals surface area (Å²) in [5.41, 5.74) is 1.38. The van der Waals surface area contributed by atoms with Crippen molar-refractivity contribution in [2.45, 2.75) is 0 Å². The zero-order chi connectivity index (χ0) is 12.5. The number of carbonyl (C=O) groups is 1. The molecule has 0 amide bonds. The third-order valence-electron chi connectivity index (χ3n) is 3.29. The summed E-state index contributed by atoms with van der Waals surface area (Å²) in [5, 5.41) is 16.0. The average Bonchev–Trinajstić information content (AvgIpc) is 2.91. The van der Waals surface area contributed by atoms with E-state index in [1.165, 1.54) is 0 Å². The minimum absolute atomic E-state index is 0.220. The van der Waals surface area contributed by atoms with Crippen LogP contribution in [-0.4, -0.2) is 25.7 Å². The maximum Gasteiger partial charge on any atom is 0.0715 e. The van der Waals surface area contributed by atoms with E-state index in [-0.39, 0.29) is 5.56 Å². The highest BCUT2D eigenvalue weighted by atomic mass is 16.4. The molecule has 1 aliphatic rings. The lowest BCUT2D eigenvalue weighted by molar-refractivity contribution is -0.255. The Morgan fingerprint density at radius 2 is 1.94 bits per heavy atom. The summed E-state index contributed by atoms with van der Waals surface area (Å²) in [7, 11) is 0. The van der Waals surface area contributed by atoms with Crippen LogP contribution in [0.25, 0.3) is 10.8 Å². The molecule has 0 aliphatic carbocycles. The molecule has 3 rings (SSSR count). The Kier molecular flexibility index (Phi) is 2.64. The summed E-state index contributed by atoms with van der Waals surface area (Å²) < 4.78 is 0. The predicted octanol–water partition coefficient (Wildman–Crippen LogP) is 0.570. The Morgan fingerprint density at radius 1 is 1.17 bits per heavy atom. The average molecular weight is 241 g/mol. The van der Waals surface area contributed by atoms with Gasteiger partial charge in [0, 0.05) is 18.8 Å². The second kappa shape index (κ2) is 4.31. The van der Waals surface area contributed by atoms with Crippen LogP contribution in [-0.2, 0) is 0 Å². The molecule has 92 valence electrons. The van der Waals surface area contributed by atoms with Crippen molar-refractivity contribution in [2.75, 3.05) is 24.7 Å². The van der Waals surface area contributed by atoms with Gasteiger partial charge in [-0.25, -0.2) is 0 Å². The highest BCUT2D eigenvalue weighted by molar-refractivity contribution is 5.94. The van der Waals surface area contributed by atoms with Crippen LogP contribution in [0.15, 0.2) is 36.4 Å². The van der Waals surface area contributed by atoms with Gasteiger partial charge in [-0.15, -0.1) is 0 Å². The molecular weight excluding hydrogens is 228 g/mol. The summed E-state index contributed by atoms with van der Waals surface area (Å²) in [6.45, 7) is 2.87. The summed E-state index contributed by atoms with van der Waals surface area (Å²) in [5.74, 6) is -1.13. The molecule has 0 radical (unpaired) electrons. The Labute approximate surface area is 105 Å². The fraction of sp³-hybridized carbons (Fsp3) is 0.214. The third-order valence-corrected chi connectivity index (χ3v) is 3.29. The van der Waals surface area contributed by atoms with Crippen LogP contribution in [0.5, 0.6) is 0 Å². The molecule has 1 aliphatic heterocycles. The number of benzene rings is 2. The number of carboxylic acid groups (broad SMARTS) is 1. The van der Waals surface area contributed by atoms with Gasteiger partial charge in [-0.3, -0.25) is 5.32 Å². The van der Waals surface area contributed by atoms with Crippen LogP contribution in [0, 0.1) is 0 Å². The van der Waals surface area contributed by atoms with Gasteiger partial charge >= 0.3 is 0 Å². The molecule has 1 heterocycles. The minimum atomic E-state index is -1.13. The van der Waals surface area contributed by atoms with E-state index in [4.69, 9.17) is 0 Å². The van der Waals surface area contributed by atoms with Crippen LogP contribution in [0.2, 0.25) is 0 Å². The van der Waals surface area contributed by atoms with Crippen molar-refractivity contribution in [3.05, 3.63) is 42.0 Å². The molecule has 1 N–H and O–H groups in total. The normalized spacial score (nSPS) is 15.2. The molecular formula is C14H13N2O2-. The van der Waals surface area contributed by atoms with E-state index in [0.29, 0.717) is 0 Å². The first-order valence-electron chi connectivity index (χ1n) is 5.95. The summed E-state index contributed by atoms with van der Waals surface area (Å²) in [6, 6.07) is 11.1. The molecule has 18 heavy (non-hydrogen) atoms. The summed E-state index contributed by atoms with van der Waals surface area (Å²) in [4.78, 5) is 13.0. The summed E-state index contributed by atoms with van der Waals surface area (Å²) in [6.07, 6.45) is 0. The van der Waals surface area contributed by atoms with Crippen molar-refractivity contribution in [1.29, 1.82) is 0 Å². The maximum absolute atomic E-state index is 10.8. The Hall–Kier alpha value is -2.07. The number of nitrogens with zero attached hydrogens (tertiary/aromatic N) is 1. The van der Waals surface area contributed by atoms with Gasteiger partial charge < -0.3 is 14.8 Å². The number of nitrogens with one attached hydrogen (secondary N) is 1. The number of carboxylic acids is 1. The van der Waals surface area contributed by atoms with E-state index in [1.807, 2.05) is 18.2 Å². The Balaban J connectivity index is 2.02. The number of hydrogen-bond acceptors (Lipinski definition) is 4. The molecule has 0 unspecified atom stereocenters. The molecule has 1 fully saturated rings. The van der Waals surface area contributed by atoms with Gasteiger partial charge in [0.05, 0.1) is 12.6 Å². The van der Waals surface area contributed by atoms with Crippen LogP contribution in [0.4, 0.5) is 5.69 Å². The van der Waals surface area contributed by atoms with Crippen LogP contribution in [0.1, 0.15) is 10.4 Å². The highest BCUT2D eigenvalue weighted by Gasteiger charge is 2.11. The minimum Gasteiger partial charge on any atom is -0.545 e. The lowest BCUT2D eigenvalue weighted by Gasteiger charge is -2.17. The highest BCUT2D eigenvalue weighted by Crippen LogP contribution is 2.23. The van der Waals surface area contributed by atoms with Gasteiger partial charge in [-0.05, 0) is 34.5 Å². The van der Waals surface area contributed by atoms with Gasteiger partial charge in [-0.2, -0.15) is 0 Å². The van der Waals surface area contributed by atoms with E-state index in [2.05, 4.69) is 16.3 Å². The van der Waals surface area contributed by atoms with Gasteiger partial charge in [0.15, 0.2) is 0 Å². The molecule has 0 saturated carbocycles. The first kappa shape index (κ1) is 11.0. The molecule has 0 atom stereocenters.